The quantitative estimate of drug-likeness (QED) is 0.364. The van der Waals surface area contributed by atoms with Crippen molar-refractivity contribution < 1.29 is 23.9 Å². The van der Waals surface area contributed by atoms with Crippen molar-refractivity contribution in [3.05, 3.63) is 94.0 Å². The molecule has 2 saturated heterocycles. The molecular formula is C35H35ClN4O5. The number of halogens is 1. The monoisotopic (exact) mass is 626 g/mol. The van der Waals surface area contributed by atoms with Gasteiger partial charge in [0.05, 0.1) is 37.8 Å². The van der Waals surface area contributed by atoms with Crippen LogP contribution in [0.1, 0.15) is 51.8 Å². The van der Waals surface area contributed by atoms with Gasteiger partial charge in [-0.1, -0.05) is 41.9 Å². The summed E-state index contributed by atoms with van der Waals surface area (Å²) in [5.74, 6) is -1.29. The molecule has 4 unspecified atom stereocenters. The highest BCUT2D eigenvalue weighted by Gasteiger charge is 2.59. The Labute approximate surface area is 267 Å². The van der Waals surface area contributed by atoms with Gasteiger partial charge in [-0.15, -0.1) is 0 Å². The van der Waals surface area contributed by atoms with Crippen LogP contribution in [-0.2, 0) is 9.59 Å². The van der Waals surface area contributed by atoms with Crippen molar-refractivity contribution >= 4 is 29.2 Å². The molecule has 3 fully saturated rings. The molecule has 3 aromatic rings. The number of nitriles is 1. The molecule has 6 rings (SSSR count). The van der Waals surface area contributed by atoms with E-state index < -0.39 is 23.9 Å². The normalized spacial score (nSPS) is 22.9. The molecule has 9 nitrogen and oxygen atoms in total. The van der Waals surface area contributed by atoms with Gasteiger partial charge in [0.25, 0.3) is 0 Å². The summed E-state index contributed by atoms with van der Waals surface area (Å²) in [4.78, 5) is 47.4. The molecular weight excluding hydrogens is 592 g/mol. The van der Waals surface area contributed by atoms with Crippen LogP contribution in [0.3, 0.4) is 0 Å². The lowest BCUT2D eigenvalue weighted by Gasteiger charge is -2.36. The van der Waals surface area contributed by atoms with Crippen LogP contribution in [0.5, 0.6) is 11.5 Å². The number of piperazine rings is 1. The van der Waals surface area contributed by atoms with Gasteiger partial charge >= 0.3 is 0 Å². The summed E-state index contributed by atoms with van der Waals surface area (Å²) in [5, 5.41) is 13.2. The molecule has 2 aliphatic heterocycles. The van der Waals surface area contributed by atoms with Gasteiger partial charge in [-0.05, 0) is 60.4 Å². The zero-order chi connectivity index (χ0) is 31.7. The van der Waals surface area contributed by atoms with E-state index in [4.69, 9.17) is 21.1 Å². The first-order valence-electron chi connectivity index (χ1n) is 15.2. The fraction of sp³-hybridized carbons (Fsp3) is 0.371. The number of benzene rings is 3. The maximum absolute atomic E-state index is 14.8. The number of likely N-dealkylation sites (tertiary alicyclic amines) is 1. The first kappa shape index (κ1) is 30.6. The third kappa shape index (κ3) is 5.88. The summed E-state index contributed by atoms with van der Waals surface area (Å²) in [6, 6.07) is 19.5. The summed E-state index contributed by atoms with van der Waals surface area (Å²) >= 11 is 6.30. The summed E-state index contributed by atoms with van der Waals surface area (Å²) in [5.41, 5.74) is 2.25. The highest BCUT2D eigenvalue weighted by atomic mass is 35.5. The Hall–Kier alpha value is -4.39. The van der Waals surface area contributed by atoms with E-state index in [0.29, 0.717) is 59.4 Å². The van der Waals surface area contributed by atoms with E-state index in [2.05, 4.69) is 11.4 Å². The van der Waals surface area contributed by atoms with Gasteiger partial charge in [-0.3, -0.25) is 14.4 Å². The molecule has 45 heavy (non-hydrogen) atoms. The number of carbonyl (C=O) groups excluding carboxylic acids is 3. The minimum absolute atomic E-state index is 0.121. The second kappa shape index (κ2) is 12.9. The van der Waals surface area contributed by atoms with Crippen LogP contribution in [0, 0.1) is 23.2 Å². The predicted octanol–water partition coefficient (Wildman–Crippen LogP) is 4.61. The number of nitrogens with one attached hydrogen (secondary N) is 1. The number of hydrogen-bond acceptors (Lipinski definition) is 7. The number of Topliss-reactive ketones (excluding diaryl/α,β-unsaturated/α-hetero) is 1. The van der Waals surface area contributed by atoms with E-state index >= 15 is 0 Å². The molecule has 2 heterocycles. The Morgan fingerprint density at radius 3 is 2.11 bits per heavy atom. The average molecular weight is 627 g/mol. The SMILES string of the molecule is COc1ccc(C2C(C(=O)c3ccc(C#N)cc3)C(c3ccc(Cl)cc3)N(C(=O)C3CC3)C2C(=O)N2CCNCC2)cc1OC. The number of ether oxygens (including phenoxy) is 2. The molecule has 0 radical (unpaired) electrons. The molecule has 0 bridgehead atoms. The summed E-state index contributed by atoms with van der Waals surface area (Å²) in [7, 11) is 3.09. The maximum Gasteiger partial charge on any atom is 0.246 e. The number of rotatable bonds is 8. The first-order valence-corrected chi connectivity index (χ1v) is 15.6. The number of carbonyl (C=O) groups is 3. The molecule has 1 saturated carbocycles. The molecule has 1 N–H and O–H groups in total. The van der Waals surface area contributed by atoms with Crippen molar-refractivity contribution in [1.29, 1.82) is 5.26 Å². The molecule has 0 aromatic heterocycles. The van der Waals surface area contributed by atoms with E-state index in [0.717, 1.165) is 18.4 Å². The van der Waals surface area contributed by atoms with Crippen LogP contribution in [0.4, 0.5) is 0 Å². The van der Waals surface area contributed by atoms with Crippen molar-refractivity contribution in [3.63, 3.8) is 0 Å². The molecule has 4 atom stereocenters. The van der Waals surface area contributed by atoms with Crippen molar-refractivity contribution in [2.75, 3.05) is 40.4 Å². The third-order valence-electron chi connectivity index (χ3n) is 9.13. The van der Waals surface area contributed by atoms with Crippen molar-refractivity contribution in [3.8, 4) is 17.6 Å². The lowest BCUT2D eigenvalue weighted by atomic mass is 9.75. The summed E-state index contributed by atoms with van der Waals surface area (Å²) in [6.45, 7) is 2.28. The minimum Gasteiger partial charge on any atom is -0.493 e. The van der Waals surface area contributed by atoms with E-state index in [9.17, 15) is 19.6 Å². The topological polar surface area (TPSA) is 112 Å². The van der Waals surface area contributed by atoms with Gasteiger partial charge in [-0.2, -0.15) is 5.26 Å². The van der Waals surface area contributed by atoms with Crippen LogP contribution in [0.25, 0.3) is 0 Å². The van der Waals surface area contributed by atoms with Crippen molar-refractivity contribution in [2.24, 2.45) is 11.8 Å². The number of hydrogen-bond donors (Lipinski definition) is 1. The zero-order valence-electron chi connectivity index (χ0n) is 25.2. The summed E-state index contributed by atoms with van der Waals surface area (Å²) in [6.07, 6.45) is 1.49. The van der Waals surface area contributed by atoms with Crippen LogP contribution in [-0.4, -0.2) is 73.8 Å². The Balaban J connectivity index is 1.59. The predicted molar refractivity (Wildman–Crippen MR) is 168 cm³/mol. The fourth-order valence-corrected chi connectivity index (χ4v) is 6.88. The number of ketones is 1. The standard InChI is InChI=1S/C35H35ClN4O5/c1-44-27-14-11-25(19-28(27)45-2)29-30(33(41)23-5-3-21(20-37)4-6-23)31(22-9-12-26(36)13-10-22)40(34(42)24-7-8-24)32(29)35(43)39-17-15-38-16-18-39/h3-6,9-14,19,24,29-32,38H,7-8,15-18H2,1-2H3. The molecule has 1 aliphatic carbocycles. The number of methoxy groups -OCH3 is 2. The van der Waals surface area contributed by atoms with E-state index in [1.165, 1.54) is 0 Å². The Morgan fingerprint density at radius 2 is 1.51 bits per heavy atom. The second-order valence-corrected chi connectivity index (χ2v) is 12.2. The zero-order valence-corrected chi connectivity index (χ0v) is 26.0. The lowest BCUT2D eigenvalue weighted by Crippen LogP contribution is -2.55. The van der Waals surface area contributed by atoms with Gasteiger partial charge in [0.15, 0.2) is 17.3 Å². The van der Waals surface area contributed by atoms with E-state index in [1.807, 2.05) is 24.3 Å². The van der Waals surface area contributed by atoms with Gasteiger partial charge in [0.1, 0.15) is 6.04 Å². The van der Waals surface area contributed by atoms with E-state index in [-0.39, 0.29) is 23.5 Å². The Kier molecular flexibility index (Phi) is 8.79. The lowest BCUT2D eigenvalue weighted by molar-refractivity contribution is -0.147. The number of amides is 2. The molecule has 232 valence electrons. The fourth-order valence-electron chi connectivity index (χ4n) is 6.76. The highest BCUT2D eigenvalue weighted by Crippen LogP contribution is 2.54. The minimum atomic E-state index is -0.942. The van der Waals surface area contributed by atoms with Crippen molar-refractivity contribution in [1.82, 2.24) is 15.1 Å². The largest absolute Gasteiger partial charge is 0.493 e. The van der Waals surface area contributed by atoms with Crippen LogP contribution in [0.15, 0.2) is 66.7 Å². The molecule has 0 spiro atoms. The van der Waals surface area contributed by atoms with Gasteiger partial charge in [-0.25, -0.2) is 0 Å². The maximum atomic E-state index is 14.8. The molecule has 3 aliphatic rings. The highest BCUT2D eigenvalue weighted by molar-refractivity contribution is 6.30. The molecule has 10 heteroatoms. The summed E-state index contributed by atoms with van der Waals surface area (Å²) < 4.78 is 11.2. The van der Waals surface area contributed by atoms with Gasteiger partial charge in [0, 0.05) is 48.6 Å². The molecule has 3 aromatic carbocycles. The Morgan fingerprint density at radius 1 is 0.867 bits per heavy atom. The van der Waals surface area contributed by atoms with Gasteiger partial charge < -0.3 is 24.6 Å². The molecule has 2 amide bonds. The average Bonchev–Trinajstić information content (AvgIpc) is 3.88. The smallest absolute Gasteiger partial charge is 0.246 e. The van der Waals surface area contributed by atoms with Crippen LogP contribution < -0.4 is 14.8 Å². The first-order chi connectivity index (χ1) is 21.9. The Bertz CT molecular complexity index is 1630. The third-order valence-corrected chi connectivity index (χ3v) is 9.39. The van der Waals surface area contributed by atoms with Crippen LogP contribution >= 0.6 is 11.6 Å². The van der Waals surface area contributed by atoms with Gasteiger partial charge in [0.2, 0.25) is 11.8 Å². The second-order valence-electron chi connectivity index (χ2n) is 11.8. The number of nitrogens with zero attached hydrogens (tertiary/aromatic N) is 3. The van der Waals surface area contributed by atoms with Crippen LogP contribution in [0.2, 0.25) is 5.02 Å². The van der Waals surface area contributed by atoms with Crippen molar-refractivity contribution in [2.45, 2.75) is 30.8 Å². The van der Waals surface area contributed by atoms with E-state index in [1.54, 1.807) is 66.5 Å².